The topological polar surface area (TPSA) is 12.0 Å². The molecule has 1 aliphatic rings. The Labute approximate surface area is 76.9 Å². The van der Waals surface area contributed by atoms with Crippen LogP contribution in [0.2, 0.25) is 0 Å². The summed E-state index contributed by atoms with van der Waals surface area (Å²) in [7, 11) is 0. The van der Waals surface area contributed by atoms with Crippen LogP contribution in [0.4, 0.5) is 0 Å². The zero-order chi connectivity index (χ0) is 8.39. The summed E-state index contributed by atoms with van der Waals surface area (Å²) in [5.41, 5.74) is 2.71. The van der Waals surface area contributed by atoms with E-state index in [0.717, 1.165) is 0 Å². The fourth-order valence-corrected chi connectivity index (χ4v) is 2.09. The Morgan fingerprint density at radius 1 is 1.33 bits per heavy atom. The molecule has 1 aromatic rings. The Bertz CT molecular complexity index is 306. The molecule has 12 heavy (non-hydrogen) atoms. The number of fused-ring (bicyclic) bond motifs is 1. The van der Waals surface area contributed by atoms with Crippen LogP contribution in [0.15, 0.2) is 30.5 Å². The van der Waals surface area contributed by atoms with Gasteiger partial charge in [-0.2, -0.15) is 0 Å². The van der Waals surface area contributed by atoms with Gasteiger partial charge in [0.15, 0.2) is 0 Å². The van der Waals surface area contributed by atoms with Crippen LogP contribution in [0.1, 0.15) is 16.5 Å². The number of nitrogens with one attached hydrogen (secondary N) is 1. The van der Waals surface area contributed by atoms with Crippen molar-refractivity contribution in [3.8, 4) is 0 Å². The zero-order valence-electron chi connectivity index (χ0n) is 6.95. The molecule has 2 heteroatoms. The van der Waals surface area contributed by atoms with E-state index in [4.69, 9.17) is 0 Å². The summed E-state index contributed by atoms with van der Waals surface area (Å²) in [4.78, 5) is 0. The van der Waals surface area contributed by atoms with E-state index in [1.54, 1.807) is 0 Å². The second-order valence-corrected chi connectivity index (χ2v) is 3.69. The maximum absolute atomic E-state index is 3.31. The number of hydrogen-bond donors (Lipinski definition) is 1. The molecule has 0 bridgehead atoms. The molecular weight excluding hydrogens is 166 g/mol. The Morgan fingerprint density at radius 3 is 3.00 bits per heavy atom. The van der Waals surface area contributed by atoms with Crippen LogP contribution >= 0.6 is 11.8 Å². The SMILES string of the molecule is CSC1NC=Cc2ccccc21. The van der Waals surface area contributed by atoms with E-state index < -0.39 is 0 Å². The van der Waals surface area contributed by atoms with Gasteiger partial charge in [0.2, 0.25) is 0 Å². The summed E-state index contributed by atoms with van der Waals surface area (Å²) in [5.74, 6) is 0. The van der Waals surface area contributed by atoms with Gasteiger partial charge in [-0.3, -0.25) is 0 Å². The third-order valence-electron chi connectivity index (χ3n) is 2.02. The summed E-state index contributed by atoms with van der Waals surface area (Å²) in [6.07, 6.45) is 6.25. The molecule has 0 aliphatic carbocycles. The van der Waals surface area contributed by atoms with Gasteiger partial charge in [-0.1, -0.05) is 24.3 Å². The minimum absolute atomic E-state index is 0.422. The van der Waals surface area contributed by atoms with Gasteiger partial charge in [-0.25, -0.2) is 0 Å². The van der Waals surface area contributed by atoms with Gasteiger partial charge < -0.3 is 5.32 Å². The maximum Gasteiger partial charge on any atom is 0.0978 e. The highest BCUT2D eigenvalue weighted by Crippen LogP contribution is 2.29. The second-order valence-electron chi connectivity index (χ2n) is 2.74. The van der Waals surface area contributed by atoms with E-state index in [2.05, 4.69) is 41.9 Å². The molecule has 0 saturated heterocycles. The minimum atomic E-state index is 0.422. The zero-order valence-corrected chi connectivity index (χ0v) is 7.77. The van der Waals surface area contributed by atoms with Gasteiger partial charge in [0.25, 0.3) is 0 Å². The van der Waals surface area contributed by atoms with Crippen LogP contribution in [-0.4, -0.2) is 6.26 Å². The van der Waals surface area contributed by atoms with Crippen molar-refractivity contribution >= 4 is 17.8 Å². The van der Waals surface area contributed by atoms with Crippen LogP contribution in [-0.2, 0) is 0 Å². The molecule has 0 amide bonds. The molecule has 1 heterocycles. The van der Waals surface area contributed by atoms with Crippen LogP contribution in [0.25, 0.3) is 6.08 Å². The van der Waals surface area contributed by atoms with Crippen LogP contribution in [0.3, 0.4) is 0 Å². The lowest BCUT2D eigenvalue weighted by Crippen LogP contribution is -2.15. The van der Waals surface area contributed by atoms with Crippen molar-refractivity contribution in [3.05, 3.63) is 41.6 Å². The first kappa shape index (κ1) is 7.74. The molecule has 2 rings (SSSR count). The molecule has 0 saturated carbocycles. The van der Waals surface area contributed by atoms with Gasteiger partial charge in [0.05, 0.1) is 5.37 Å². The molecule has 0 fully saturated rings. The van der Waals surface area contributed by atoms with E-state index in [1.807, 2.05) is 18.0 Å². The highest BCUT2D eigenvalue weighted by atomic mass is 32.2. The summed E-state index contributed by atoms with van der Waals surface area (Å²) in [5, 5.41) is 3.73. The number of benzene rings is 1. The van der Waals surface area contributed by atoms with Crippen molar-refractivity contribution in [2.45, 2.75) is 5.37 Å². The summed E-state index contributed by atoms with van der Waals surface area (Å²) in [6, 6.07) is 8.48. The van der Waals surface area contributed by atoms with Crippen LogP contribution < -0.4 is 5.32 Å². The minimum Gasteiger partial charge on any atom is -0.375 e. The quantitative estimate of drug-likeness (QED) is 0.707. The van der Waals surface area contributed by atoms with Gasteiger partial charge >= 0.3 is 0 Å². The summed E-state index contributed by atoms with van der Waals surface area (Å²) >= 11 is 1.83. The molecule has 0 spiro atoms. The maximum atomic E-state index is 3.31. The van der Waals surface area contributed by atoms with Crippen LogP contribution in [0, 0.1) is 0 Å². The molecule has 1 aromatic carbocycles. The standard InChI is InChI=1S/C10H11NS/c1-12-10-9-5-3-2-4-8(9)6-7-11-10/h2-7,10-11H,1H3. The Balaban J connectivity index is 2.45. The van der Waals surface area contributed by atoms with Gasteiger partial charge in [0.1, 0.15) is 0 Å². The van der Waals surface area contributed by atoms with Crippen molar-refractivity contribution in [3.63, 3.8) is 0 Å². The van der Waals surface area contributed by atoms with Crippen LogP contribution in [0.5, 0.6) is 0 Å². The predicted molar refractivity (Wildman–Crippen MR) is 54.9 cm³/mol. The van der Waals surface area contributed by atoms with Gasteiger partial charge in [-0.15, -0.1) is 11.8 Å². The Kier molecular flexibility index (Phi) is 2.09. The number of rotatable bonds is 1. The smallest absolute Gasteiger partial charge is 0.0978 e. The fraction of sp³-hybridized carbons (Fsp3) is 0.200. The molecular formula is C10H11NS. The van der Waals surface area contributed by atoms with E-state index in [9.17, 15) is 0 Å². The largest absolute Gasteiger partial charge is 0.375 e. The molecule has 62 valence electrons. The molecule has 1 N–H and O–H groups in total. The van der Waals surface area contributed by atoms with E-state index in [1.165, 1.54) is 11.1 Å². The summed E-state index contributed by atoms with van der Waals surface area (Å²) < 4.78 is 0. The molecule has 1 atom stereocenters. The monoisotopic (exact) mass is 177 g/mol. The second kappa shape index (κ2) is 3.23. The molecule has 1 nitrogen and oxygen atoms in total. The number of hydrogen-bond acceptors (Lipinski definition) is 2. The van der Waals surface area contributed by atoms with E-state index in [0.29, 0.717) is 5.37 Å². The van der Waals surface area contributed by atoms with Crippen molar-refractivity contribution in [2.75, 3.05) is 6.26 Å². The predicted octanol–water partition coefficient (Wildman–Crippen LogP) is 2.62. The average Bonchev–Trinajstić information content (AvgIpc) is 2.17. The third kappa shape index (κ3) is 1.23. The average molecular weight is 177 g/mol. The van der Waals surface area contributed by atoms with Crippen molar-refractivity contribution in [2.24, 2.45) is 0 Å². The third-order valence-corrected chi connectivity index (χ3v) is 2.89. The van der Waals surface area contributed by atoms with Crippen molar-refractivity contribution in [1.29, 1.82) is 0 Å². The molecule has 1 aliphatic heterocycles. The highest BCUT2D eigenvalue weighted by molar-refractivity contribution is 7.98. The lowest BCUT2D eigenvalue weighted by atomic mass is 10.1. The Hall–Kier alpha value is -0.890. The van der Waals surface area contributed by atoms with Gasteiger partial charge in [0, 0.05) is 0 Å². The van der Waals surface area contributed by atoms with E-state index >= 15 is 0 Å². The van der Waals surface area contributed by atoms with Gasteiger partial charge in [-0.05, 0) is 29.7 Å². The first-order valence-electron chi connectivity index (χ1n) is 3.96. The number of thioether (sulfide) groups is 1. The highest BCUT2D eigenvalue weighted by Gasteiger charge is 2.13. The van der Waals surface area contributed by atoms with Crippen molar-refractivity contribution in [1.82, 2.24) is 5.32 Å². The lowest BCUT2D eigenvalue weighted by Gasteiger charge is -2.21. The molecule has 0 aromatic heterocycles. The molecule has 0 radical (unpaired) electrons. The van der Waals surface area contributed by atoms with E-state index in [-0.39, 0.29) is 0 Å². The normalized spacial score (nSPS) is 19.9. The summed E-state index contributed by atoms with van der Waals surface area (Å²) in [6.45, 7) is 0. The first-order valence-corrected chi connectivity index (χ1v) is 5.25. The fourth-order valence-electron chi connectivity index (χ4n) is 1.41. The van der Waals surface area contributed by atoms with Crippen molar-refractivity contribution < 1.29 is 0 Å². The first-order chi connectivity index (χ1) is 5.92. The molecule has 1 unspecified atom stereocenters. The Morgan fingerprint density at radius 2 is 2.17 bits per heavy atom. The lowest BCUT2D eigenvalue weighted by molar-refractivity contribution is 0.835.